The number of piperidine rings is 1. The number of rotatable bonds is 3. The SMILES string of the molecule is Cc1ncc(-c2cnc3cnc(NC(=O)N4CCC(N(C)C)CC4)cc3c2)s1. The van der Waals surface area contributed by atoms with Crippen LogP contribution in [0.5, 0.6) is 0 Å². The lowest BCUT2D eigenvalue weighted by molar-refractivity contribution is 0.156. The summed E-state index contributed by atoms with van der Waals surface area (Å²) in [5.41, 5.74) is 1.82. The van der Waals surface area contributed by atoms with E-state index in [1.807, 2.05) is 30.3 Å². The van der Waals surface area contributed by atoms with Crippen molar-refractivity contribution in [2.75, 3.05) is 32.5 Å². The summed E-state index contributed by atoms with van der Waals surface area (Å²) in [6.07, 6.45) is 7.39. The number of carbonyl (C=O) groups is 1. The van der Waals surface area contributed by atoms with Gasteiger partial charge in [0.1, 0.15) is 5.82 Å². The molecule has 1 aliphatic rings. The van der Waals surface area contributed by atoms with E-state index in [1.165, 1.54) is 0 Å². The largest absolute Gasteiger partial charge is 0.324 e. The molecular weight excluding hydrogens is 372 g/mol. The van der Waals surface area contributed by atoms with Crippen molar-refractivity contribution in [3.8, 4) is 10.4 Å². The summed E-state index contributed by atoms with van der Waals surface area (Å²) in [4.78, 5) is 30.9. The molecule has 28 heavy (non-hydrogen) atoms. The van der Waals surface area contributed by atoms with Gasteiger partial charge in [0.05, 0.1) is 21.6 Å². The summed E-state index contributed by atoms with van der Waals surface area (Å²) >= 11 is 1.64. The number of carbonyl (C=O) groups excluding carboxylic acids is 1. The van der Waals surface area contributed by atoms with Crippen LogP contribution < -0.4 is 5.32 Å². The van der Waals surface area contributed by atoms with E-state index in [4.69, 9.17) is 0 Å². The number of aryl methyl sites for hydroxylation is 1. The molecule has 4 heterocycles. The lowest BCUT2D eigenvalue weighted by Gasteiger charge is -2.35. The van der Waals surface area contributed by atoms with Gasteiger partial charge < -0.3 is 9.80 Å². The number of fused-ring (bicyclic) bond motifs is 1. The third kappa shape index (κ3) is 3.98. The van der Waals surface area contributed by atoms with Crippen molar-refractivity contribution in [3.63, 3.8) is 0 Å². The Kier molecular flexibility index (Phi) is 5.23. The molecule has 0 unspecified atom stereocenters. The Bertz CT molecular complexity index is 993. The number of hydrogen-bond acceptors (Lipinski definition) is 6. The second-order valence-corrected chi connectivity index (χ2v) is 8.58. The van der Waals surface area contributed by atoms with Crippen molar-refractivity contribution < 1.29 is 4.79 Å². The van der Waals surface area contributed by atoms with Gasteiger partial charge in [0.15, 0.2) is 0 Å². The zero-order chi connectivity index (χ0) is 19.7. The predicted molar refractivity (Wildman–Crippen MR) is 113 cm³/mol. The first-order chi connectivity index (χ1) is 13.5. The molecule has 0 aliphatic carbocycles. The van der Waals surface area contributed by atoms with Crippen molar-refractivity contribution in [2.24, 2.45) is 0 Å². The summed E-state index contributed by atoms with van der Waals surface area (Å²) in [6.45, 7) is 3.51. The van der Waals surface area contributed by atoms with E-state index in [2.05, 4.69) is 45.3 Å². The number of hydrogen-bond donors (Lipinski definition) is 1. The van der Waals surface area contributed by atoms with E-state index >= 15 is 0 Å². The first-order valence-corrected chi connectivity index (χ1v) is 10.2. The molecule has 0 atom stereocenters. The number of thiazole rings is 1. The maximum absolute atomic E-state index is 12.6. The zero-order valence-electron chi connectivity index (χ0n) is 16.3. The Hall–Kier alpha value is -2.58. The van der Waals surface area contributed by atoms with Crippen LogP contribution >= 0.6 is 11.3 Å². The van der Waals surface area contributed by atoms with Crippen LogP contribution in [0.3, 0.4) is 0 Å². The van der Waals surface area contributed by atoms with Crippen molar-refractivity contribution in [3.05, 3.63) is 35.7 Å². The highest BCUT2D eigenvalue weighted by Gasteiger charge is 2.24. The molecule has 8 heteroatoms. The topological polar surface area (TPSA) is 74.2 Å². The fourth-order valence-corrected chi connectivity index (χ4v) is 4.26. The summed E-state index contributed by atoms with van der Waals surface area (Å²) in [5, 5.41) is 4.90. The van der Waals surface area contributed by atoms with E-state index in [0.29, 0.717) is 11.9 Å². The average Bonchev–Trinajstić information content (AvgIpc) is 3.14. The highest BCUT2D eigenvalue weighted by molar-refractivity contribution is 7.15. The lowest BCUT2D eigenvalue weighted by atomic mass is 10.0. The molecule has 146 valence electrons. The van der Waals surface area contributed by atoms with E-state index in [-0.39, 0.29) is 6.03 Å². The molecule has 0 saturated carbocycles. The molecule has 7 nitrogen and oxygen atoms in total. The minimum atomic E-state index is -0.0914. The van der Waals surface area contributed by atoms with Gasteiger partial charge >= 0.3 is 6.03 Å². The number of nitrogens with zero attached hydrogens (tertiary/aromatic N) is 5. The Morgan fingerprint density at radius 1 is 1.14 bits per heavy atom. The Morgan fingerprint density at radius 2 is 1.93 bits per heavy atom. The van der Waals surface area contributed by atoms with Gasteiger partial charge in [0.2, 0.25) is 0 Å². The molecule has 1 N–H and O–H groups in total. The molecule has 0 radical (unpaired) electrons. The number of nitrogens with one attached hydrogen (secondary N) is 1. The summed E-state index contributed by atoms with van der Waals surface area (Å²) in [7, 11) is 4.19. The fraction of sp³-hybridized carbons (Fsp3) is 0.400. The lowest BCUT2D eigenvalue weighted by Crippen LogP contribution is -2.46. The molecule has 1 saturated heterocycles. The van der Waals surface area contributed by atoms with Crippen LogP contribution in [0.2, 0.25) is 0 Å². The smallest absolute Gasteiger partial charge is 0.323 e. The number of anilines is 1. The van der Waals surface area contributed by atoms with Crippen molar-refractivity contribution in [2.45, 2.75) is 25.8 Å². The summed E-state index contributed by atoms with van der Waals surface area (Å²) < 4.78 is 0. The standard InChI is InChI=1S/C20H24N6OS/c1-13-21-12-18(28-13)15-8-14-9-19(23-11-17(14)22-10-15)24-20(27)26-6-4-16(5-7-26)25(2)3/h8-12,16H,4-7H2,1-3H3,(H,23,24,27). The van der Waals surface area contributed by atoms with Crippen molar-refractivity contribution >= 4 is 34.1 Å². The van der Waals surface area contributed by atoms with Gasteiger partial charge in [-0.2, -0.15) is 0 Å². The van der Waals surface area contributed by atoms with Crippen LogP contribution in [0.15, 0.2) is 30.7 Å². The van der Waals surface area contributed by atoms with Crippen LogP contribution in [0, 0.1) is 6.92 Å². The van der Waals surface area contributed by atoms with Gasteiger partial charge in [-0.15, -0.1) is 11.3 Å². The number of aromatic nitrogens is 3. The highest BCUT2D eigenvalue weighted by atomic mass is 32.1. The predicted octanol–water partition coefficient (Wildman–Crippen LogP) is 3.62. The second-order valence-electron chi connectivity index (χ2n) is 7.34. The Morgan fingerprint density at radius 3 is 2.61 bits per heavy atom. The number of amides is 2. The van der Waals surface area contributed by atoms with Gasteiger partial charge in [-0.05, 0) is 46.0 Å². The van der Waals surface area contributed by atoms with E-state index < -0.39 is 0 Å². The molecule has 1 aliphatic heterocycles. The van der Waals surface area contributed by atoms with Crippen LogP contribution in [-0.4, -0.2) is 64.0 Å². The molecular formula is C20H24N6OS. The zero-order valence-corrected chi connectivity index (χ0v) is 17.2. The molecule has 3 aromatic rings. The average molecular weight is 397 g/mol. The molecule has 0 bridgehead atoms. The summed E-state index contributed by atoms with van der Waals surface area (Å²) in [5.74, 6) is 0.548. The first-order valence-electron chi connectivity index (χ1n) is 9.40. The van der Waals surface area contributed by atoms with Gasteiger partial charge in [-0.1, -0.05) is 0 Å². The second kappa shape index (κ2) is 7.81. The number of likely N-dealkylation sites (tertiary alicyclic amines) is 1. The highest BCUT2D eigenvalue weighted by Crippen LogP contribution is 2.28. The molecule has 1 fully saturated rings. The number of urea groups is 1. The fourth-order valence-electron chi connectivity index (χ4n) is 3.50. The third-order valence-electron chi connectivity index (χ3n) is 5.19. The van der Waals surface area contributed by atoms with Crippen LogP contribution in [0.25, 0.3) is 21.3 Å². The van der Waals surface area contributed by atoms with Gasteiger partial charge in [-0.25, -0.2) is 14.8 Å². The third-order valence-corrected chi connectivity index (χ3v) is 6.15. The van der Waals surface area contributed by atoms with Crippen molar-refractivity contribution in [1.29, 1.82) is 0 Å². The molecule has 4 rings (SSSR count). The van der Waals surface area contributed by atoms with E-state index in [9.17, 15) is 4.79 Å². The minimum Gasteiger partial charge on any atom is -0.324 e. The van der Waals surface area contributed by atoms with Crippen molar-refractivity contribution in [1.82, 2.24) is 24.8 Å². The molecule has 2 amide bonds. The maximum Gasteiger partial charge on any atom is 0.323 e. The van der Waals surface area contributed by atoms with Gasteiger partial charge in [0.25, 0.3) is 0 Å². The van der Waals surface area contributed by atoms with E-state index in [1.54, 1.807) is 17.5 Å². The molecule has 0 spiro atoms. The van der Waals surface area contributed by atoms with Crippen LogP contribution in [-0.2, 0) is 0 Å². The molecule has 3 aromatic heterocycles. The first kappa shape index (κ1) is 18.8. The maximum atomic E-state index is 12.6. The quantitative estimate of drug-likeness (QED) is 0.732. The number of pyridine rings is 2. The van der Waals surface area contributed by atoms with Gasteiger partial charge in [0, 0.05) is 42.5 Å². The van der Waals surface area contributed by atoms with Crippen LogP contribution in [0.1, 0.15) is 17.8 Å². The Labute approximate surface area is 168 Å². The normalized spacial score (nSPS) is 15.4. The monoisotopic (exact) mass is 396 g/mol. The van der Waals surface area contributed by atoms with E-state index in [0.717, 1.165) is 52.3 Å². The minimum absolute atomic E-state index is 0.0914. The van der Waals surface area contributed by atoms with Gasteiger partial charge in [-0.3, -0.25) is 10.3 Å². The van der Waals surface area contributed by atoms with Crippen LogP contribution in [0.4, 0.5) is 10.6 Å². The summed E-state index contributed by atoms with van der Waals surface area (Å²) in [6, 6.07) is 4.40. The molecule has 0 aromatic carbocycles. The Balaban J connectivity index is 1.49.